The van der Waals surface area contributed by atoms with Gasteiger partial charge in [-0.2, -0.15) is 0 Å². The largest absolute Gasteiger partial charge is 0.492 e. The number of ether oxygens (including phenoxy) is 1. The highest BCUT2D eigenvalue weighted by molar-refractivity contribution is 6.32. The summed E-state index contributed by atoms with van der Waals surface area (Å²) >= 11 is 6.51. The smallest absolute Gasteiger partial charge is 0.137 e. The predicted molar refractivity (Wildman–Crippen MR) is 106 cm³/mol. The van der Waals surface area contributed by atoms with Crippen LogP contribution >= 0.6 is 11.6 Å². The molecule has 1 saturated heterocycles. The van der Waals surface area contributed by atoms with E-state index in [0.29, 0.717) is 5.02 Å². The molecule has 0 amide bonds. The van der Waals surface area contributed by atoms with Crippen LogP contribution in [0.5, 0.6) is 5.75 Å². The Morgan fingerprint density at radius 1 is 1.04 bits per heavy atom. The van der Waals surface area contributed by atoms with E-state index in [-0.39, 0.29) is 5.41 Å². The Morgan fingerprint density at radius 3 is 2.44 bits per heavy atom. The van der Waals surface area contributed by atoms with Crippen LogP contribution in [0.2, 0.25) is 5.02 Å². The van der Waals surface area contributed by atoms with Crippen LogP contribution in [-0.2, 0) is 5.41 Å². The molecular formula is C22H28ClNO. The molecule has 0 spiro atoms. The van der Waals surface area contributed by atoms with Crippen molar-refractivity contribution >= 4 is 11.6 Å². The van der Waals surface area contributed by atoms with Crippen LogP contribution in [-0.4, -0.2) is 19.7 Å². The number of rotatable bonds is 6. The molecule has 0 atom stereocenters. The molecule has 1 N–H and O–H groups in total. The molecule has 2 nitrogen and oxygen atoms in total. The third-order valence-electron chi connectivity index (χ3n) is 5.39. The molecule has 0 aliphatic carbocycles. The van der Waals surface area contributed by atoms with Crippen molar-refractivity contribution in [3.05, 3.63) is 64.7 Å². The van der Waals surface area contributed by atoms with E-state index in [1.807, 2.05) is 12.1 Å². The monoisotopic (exact) mass is 357 g/mol. The van der Waals surface area contributed by atoms with E-state index in [2.05, 4.69) is 55.6 Å². The summed E-state index contributed by atoms with van der Waals surface area (Å²) in [6.45, 7) is 7.46. The van der Waals surface area contributed by atoms with Gasteiger partial charge in [0.2, 0.25) is 0 Å². The van der Waals surface area contributed by atoms with Gasteiger partial charge in [-0.05, 0) is 61.5 Å². The molecule has 1 aliphatic rings. The van der Waals surface area contributed by atoms with Gasteiger partial charge in [0.05, 0.1) is 11.6 Å². The first kappa shape index (κ1) is 18.3. The van der Waals surface area contributed by atoms with Crippen LogP contribution in [0.1, 0.15) is 44.2 Å². The van der Waals surface area contributed by atoms with Gasteiger partial charge in [0, 0.05) is 5.41 Å². The normalized spacial score (nSPS) is 16.0. The lowest BCUT2D eigenvalue weighted by Crippen LogP contribution is -2.28. The molecule has 1 fully saturated rings. The fourth-order valence-corrected chi connectivity index (χ4v) is 3.77. The second-order valence-electron chi connectivity index (χ2n) is 7.47. The number of halogens is 1. The van der Waals surface area contributed by atoms with Crippen molar-refractivity contribution in [1.82, 2.24) is 5.32 Å². The quantitative estimate of drug-likeness (QED) is 0.743. The highest BCUT2D eigenvalue weighted by Gasteiger charge is 2.23. The van der Waals surface area contributed by atoms with Gasteiger partial charge < -0.3 is 10.1 Å². The van der Waals surface area contributed by atoms with E-state index in [1.54, 1.807) is 0 Å². The number of nitrogens with one attached hydrogen (secondary N) is 1. The average Bonchev–Trinajstić information content (AvgIpc) is 2.64. The summed E-state index contributed by atoms with van der Waals surface area (Å²) in [7, 11) is 0. The molecule has 0 bridgehead atoms. The van der Waals surface area contributed by atoms with Crippen molar-refractivity contribution < 1.29 is 4.74 Å². The molecule has 25 heavy (non-hydrogen) atoms. The zero-order valence-corrected chi connectivity index (χ0v) is 16.0. The summed E-state index contributed by atoms with van der Waals surface area (Å²) < 4.78 is 5.96. The van der Waals surface area contributed by atoms with Gasteiger partial charge >= 0.3 is 0 Å². The molecule has 134 valence electrons. The summed E-state index contributed by atoms with van der Waals surface area (Å²) in [5.41, 5.74) is 2.40. The van der Waals surface area contributed by atoms with Gasteiger partial charge in [-0.3, -0.25) is 0 Å². The molecule has 1 heterocycles. The fraction of sp³-hybridized carbons (Fsp3) is 0.455. The molecular weight excluding hydrogens is 330 g/mol. The molecule has 0 saturated carbocycles. The lowest BCUT2D eigenvalue weighted by Gasteiger charge is -2.27. The van der Waals surface area contributed by atoms with Gasteiger partial charge in [0.25, 0.3) is 0 Å². The van der Waals surface area contributed by atoms with Crippen molar-refractivity contribution in [3.8, 4) is 5.75 Å². The van der Waals surface area contributed by atoms with E-state index >= 15 is 0 Å². The minimum Gasteiger partial charge on any atom is -0.492 e. The van der Waals surface area contributed by atoms with Crippen molar-refractivity contribution in [2.75, 3.05) is 19.7 Å². The second-order valence-corrected chi connectivity index (χ2v) is 7.87. The maximum Gasteiger partial charge on any atom is 0.137 e. The molecule has 0 unspecified atom stereocenters. The number of hydrogen-bond acceptors (Lipinski definition) is 2. The Balaban J connectivity index is 1.64. The van der Waals surface area contributed by atoms with Crippen molar-refractivity contribution in [3.63, 3.8) is 0 Å². The van der Waals surface area contributed by atoms with Gasteiger partial charge in [-0.1, -0.05) is 61.8 Å². The number of piperidine rings is 1. The Bertz CT molecular complexity index is 678. The van der Waals surface area contributed by atoms with Gasteiger partial charge in [-0.15, -0.1) is 0 Å². The van der Waals surface area contributed by atoms with E-state index < -0.39 is 0 Å². The lowest BCUT2D eigenvalue weighted by molar-refractivity contribution is 0.252. The minimum atomic E-state index is -0.0848. The van der Waals surface area contributed by atoms with Crippen molar-refractivity contribution in [2.45, 2.75) is 38.5 Å². The summed E-state index contributed by atoms with van der Waals surface area (Å²) in [4.78, 5) is 0. The van der Waals surface area contributed by atoms with Crippen LogP contribution in [0.4, 0.5) is 0 Å². The Morgan fingerprint density at radius 2 is 1.76 bits per heavy atom. The van der Waals surface area contributed by atoms with E-state index in [0.717, 1.165) is 37.8 Å². The first-order valence-electron chi connectivity index (χ1n) is 9.26. The maximum absolute atomic E-state index is 6.51. The molecule has 3 rings (SSSR count). The van der Waals surface area contributed by atoms with Crippen LogP contribution in [0, 0.1) is 5.92 Å². The summed E-state index contributed by atoms with van der Waals surface area (Å²) in [5.74, 6) is 1.57. The van der Waals surface area contributed by atoms with Crippen LogP contribution in [0.25, 0.3) is 0 Å². The van der Waals surface area contributed by atoms with Gasteiger partial charge in [0.15, 0.2) is 0 Å². The SMILES string of the molecule is CC(C)(c1ccccc1)c1ccc(OCCC2CCNCC2)c(Cl)c1. The second kappa shape index (κ2) is 8.25. The van der Waals surface area contributed by atoms with Crippen molar-refractivity contribution in [2.24, 2.45) is 5.92 Å². The third-order valence-corrected chi connectivity index (χ3v) is 5.69. The first-order valence-corrected chi connectivity index (χ1v) is 9.64. The fourth-order valence-electron chi connectivity index (χ4n) is 3.53. The summed E-state index contributed by atoms with van der Waals surface area (Å²) in [6.07, 6.45) is 3.61. The highest BCUT2D eigenvalue weighted by Crippen LogP contribution is 2.35. The number of benzene rings is 2. The van der Waals surface area contributed by atoms with E-state index in [9.17, 15) is 0 Å². The predicted octanol–water partition coefficient (Wildman–Crippen LogP) is 5.43. The topological polar surface area (TPSA) is 21.3 Å². The molecule has 3 heteroatoms. The van der Waals surface area contributed by atoms with Crippen LogP contribution in [0.3, 0.4) is 0 Å². The molecule has 1 aliphatic heterocycles. The average molecular weight is 358 g/mol. The van der Waals surface area contributed by atoms with E-state index in [1.165, 1.54) is 24.0 Å². The van der Waals surface area contributed by atoms with Crippen molar-refractivity contribution in [1.29, 1.82) is 0 Å². The Labute approximate surface area is 156 Å². The van der Waals surface area contributed by atoms with Gasteiger partial charge in [0.1, 0.15) is 5.75 Å². The highest BCUT2D eigenvalue weighted by atomic mass is 35.5. The van der Waals surface area contributed by atoms with E-state index in [4.69, 9.17) is 16.3 Å². The molecule has 2 aromatic carbocycles. The Kier molecular flexibility index (Phi) is 6.03. The zero-order valence-electron chi connectivity index (χ0n) is 15.2. The first-order chi connectivity index (χ1) is 12.1. The summed E-state index contributed by atoms with van der Waals surface area (Å²) in [6, 6.07) is 16.7. The molecule has 2 aromatic rings. The molecule has 0 aromatic heterocycles. The zero-order chi connectivity index (χ0) is 17.7. The lowest BCUT2D eigenvalue weighted by atomic mass is 9.78. The molecule has 0 radical (unpaired) electrons. The summed E-state index contributed by atoms with van der Waals surface area (Å²) in [5, 5.41) is 4.10. The maximum atomic E-state index is 6.51. The van der Waals surface area contributed by atoms with Crippen LogP contribution < -0.4 is 10.1 Å². The Hall–Kier alpha value is -1.51. The minimum absolute atomic E-state index is 0.0848. The standard InChI is InChI=1S/C22H28ClNO/c1-22(2,18-6-4-3-5-7-18)19-8-9-21(20(23)16-19)25-15-12-17-10-13-24-14-11-17/h3-9,16-17,24H,10-15H2,1-2H3. The van der Waals surface area contributed by atoms with Gasteiger partial charge in [-0.25, -0.2) is 0 Å². The third kappa shape index (κ3) is 4.56. The van der Waals surface area contributed by atoms with Crippen LogP contribution in [0.15, 0.2) is 48.5 Å². The number of hydrogen-bond donors (Lipinski definition) is 1.